The number of imidazole rings is 1. The van der Waals surface area contributed by atoms with Crippen LogP contribution in [0.15, 0.2) is 12.5 Å². The van der Waals surface area contributed by atoms with Gasteiger partial charge >= 0.3 is 5.97 Å². The number of aromatic amines is 1. The first-order chi connectivity index (χ1) is 12.3. The van der Waals surface area contributed by atoms with Crippen LogP contribution in [0.1, 0.15) is 19.0 Å². The van der Waals surface area contributed by atoms with Gasteiger partial charge < -0.3 is 26.0 Å². The van der Waals surface area contributed by atoms with E-state index in [-0.39, 0.29) is 19.4 Å². The molecule has 0 aliphatic rings. The monoisotopic (exact) mass is 385 g/mol. The number of carbonyl (C=O) groups excluding carboxylic acids is 3. The molecule has 0 aliphatic heterocycles. The quantitative estimate of drug-likeness (QED) is 0.324. The Bertz CT molecular complexity index is 622. The zero-order valence-electron chi connectivity index (χ0n) is 14.6. The van der Waals surface area contributed by atoms with Gasteiger partial charge in [0.15, 0.2) is 0 Å². The van der Waals surface area contributed by atoms with Crippen molar-refractivity contribution < 1.29 is 24.3 Å². The lowest BCUT2D eigenvalue weighted by atomic mass is 10.1. The van der Waals surface area contributed by atoms with Crippen LogP contribution < -0.4 is 16.0 Å². The molecule has 1 heterocycles. The number of H-pyrrole nitrogens is 1. The van der Waals surface area contributed by atoms with Gasteiger partial charge in [0.05, 0.1) is 12.9 Å². The first-order valence-electron chi connectivity index (χ1n) is 7.86. The first kappa shape index (κ1) is 21.5. The van der Waals surface area contributed by atoms with Gasteiger partial charge in [0.1, 0.15) is 12.1 Å². The van der Waals surface area contributed by atoms with Crippen molar-refractivity contribution >= 4 is 35.5 Å². The van der Waals surface area contributed by atoms with Gasteiger partial charge in [-0.15, -0.1) is 0 Å². The smallest absolute Gasteiger partial charge is 0.326 e. The maximum Gasteiger partial charge on any atom is 0.326 e. The number of hydrogen-bond donors (Lipinski definition) is 5. The van der Waals surface area contributed by atoms with Crippen molar-refractivity contribution in [1.82, 2.24) is 25.9 Å². The summed E-state index contributed by atoms with van der Waals surface area (Å²) in [6.07, 6.45) is 5.27. The maximum absolute atomic E-state index is 12.2. The molecule has 0 aliphatic carbocycles. The number of aliphatic carboxylic acids is 1. The van der Waals surface area contributed by atoms with Crippen molar-refractivity contribution in [3.05, 3.63) is 18.2 Å². The summed E-state index contributed by atoms with van der Waals surface area (Å²) in [5.74, 6) is -2.11. The number of nitrogens with zero attached hydrogens (tertiary/aromatic N) is 1. The van der Waals surface area contributed by atoms with Crippen molar-refractivity contribution in [1.29, 1.82) is 0 Å². The number of nitrogens with one attached hydrogen (secondary N) is 4. The van der Waals surface area contributed by atoms with Gasteiger partial charge in [0, 0.05) is 25.2 Å². The van der Waals surface area contributed by atoms with Crippen LogP contribution in [-0.2, 0) is 25.6 Å². The third-order valence-corrected chi connectivity index (χ3v) is 3.98. The van der Waals surface area contributed by atoms with Crippen molar-refractivity contribution in [2.45, 2.75) is 31.8 Å². The molecule has 0 spiro atoms. The van der Waals surface area contributed by atoms with E-state index in [2.05, 4.69) is 25.9 Å². The maximum atomic E-state index is 12.2. The lowest BCUT2D eigenvalue weighted by Crippen LogP contribution is -2.51. The number of hydrogen-bond acceptors (Lipinski definition) is 6. The van der Waals surface area contributed by atoms with E-state index in [1.165, 1.54) is 31.2 Å². The highest BCUT2D eigenvalue weighted by molar-refractivity contribution is 7.98. The van der Waals surface area contributed by atoms with Crippen LogP contribution in [0.2, 0.25) is 0 Å². The topological polar surface area (TPSA) is 153 Å². The van der Waals surface area contributed by atoms with Crippen LogP contribution >= 0.6 is 11.8 Å². The van der Waals surface area contributed by atoms with Gasteiger partial charge in [-0.3, -0.25) is 14.4 Å². The van der Waals surface area contributed by atoms with E-state index in [1.54, 1.807) is 0 Å². The molecule has 144 valence electrons. The zero-order chi connectivity index (χ0) is 19.5. The Hall–Kier alpha value is -2.56. The zero-order valence-corrected chi connectivity index (χ0v) is 15.4. The average Bonchev–Trinajstić information content (AvgIpc) is 3.08. The van der Waals surface area contributed by atoms with Gasteiger partial charge in [0.25, 0.3) is 0 Å². The Balaban J connectivity index is 2.55. The Kier molecular flexibility index (Phi) is 9.20. The molecule has 1 aromatic rings. The Labute approximate surface area is 154 Å². The molecule has 10 nitrogen and oxygen atoms in total. The van der Waals surface area contributed by atoms with E-state index < -0.39 is 35.8 Å². The minimum absolute atomic E-state index is 0.179. The third kappa shape index (κ3) is 8.01. The lowest BCUT2D eigenvalue weighted by Gasteiger charge is -2.18. The van der Waals surface area contributed by atoms with Crippen LogP contribution in [-0.4, -0.2) is 69.4 Å². The van der Waals surface area contributed by atoms with Crippen LogP contribution in [0.4, 0.5) is 0 Å². The molecule has 0 fully saturated rings. The molecule has 0 radical (unpaired) electrons. The first-order valence-corrected chi connectivity index (χ1v) is 9.26. The normalized spacial score (nSPS) is 12.7. The van der Waals surface area contributed by atoms with E-state index in [0.29, 0.717) is 11.4 Å². The molecule has 11 heteroatoms. The van der Waals surface area contributed by atoms with E-state index in [0.717, 1.165) is 0 Å². The molecule has 0 bridgehead atoms. The summed E-state index contributed by atoms with van der Waals surface area (Å²) >= 11 is 1.47. The fourth-order valence-electron chi connectivity index (χ4n) is 2.10. The number of thioether (sulfide) groups is 1. The number of carboxylic acid groups (broad SMARTS) is 1. The molecule has 0 unspecified atom stereocenters. The molecular formula is C15H23N5O5S. The Morgan fingerprint density at radius 1 is 1.27 bits per heavy atom. The summed E-state index contributed by atoms with van der Waals surface area (Å²) in [6, 6.07) is -1.89. The molecular weight excluding hydrogens is 362 g/mol. The summed E-state index contributed by atoms with van der Waals surface area (Å²) < 4.78 is 0. The van der Waals surface area contributed by atoms with Crippen LogP contribution in [0.5, 0.6) is 0 Å². The number of carboxylic acids is 1. The molecule has 0 aromatic carbocycles. The molecule has 1 rings (SSSR count). The SMILES string of the molecule is CSCC[C@H](NC(=O)CNC(=O)[C@H](Cc1cnc[nH]1)NC(C)=O)C(=O)O. The number of aromatic nitrogens is 2. The van der Waals surface area contributed by atoms with Crippen molar-refractivity contribution in [2.75, 3.05) is 18.6 Å². The number of amides is 3. The van der Waals surface area contributed by atoms with Crippen molar-refractivity contribution in [2.24, 2.45) is 0 Å². The predicted molar refractivity (Wildman–Crippen MR) is 95.5 cm³/mol. The summed E-state index contributed by atoms with van der Waals surface area (Å²) in [4.78, 5) is 53.2. The minimum atomic E-state index is -1.13. The lowest BCUT2D eigenvalue weighted by molar-refractivity contribution is -0.141. The molecule has 26 heavy (non-hydrogen) atoms. The number of carbonyl (C=O) groups is 4. The van der Waals surface area contributed by atoms with Crippen LogP contribution in [0.3, 0.4) is 0 Å². The van der Waals surface area contributed by atoms with Gasteiger partial charge in [0.2, 0.25) is 17.7 Å². The van der Waals surface area contributed by atoms with Gasteiger partial charge in [-0.2, -0.15) is 11.8 Å². The second kappa shape index (κ2) is 11.1. The predicted octanol–water partition coefficient (Wildman–Crippen LogP) is -1.10. The average molecular weight is 385 g/mol. The molecule has 1 aromatic heterocycles. The van der Waals surface area contributed by atoms with E-state index in [4.69, 9.17) is 5.11 Å². The fraction of sp³-hybridized carbons (Fsp3) is 0.533. The summed E-state index contributed by atoms with van der Waals surface area (Å²) in [5, 5.41) is 16.4. The van der Waals surface area contributed by atoms with Crippen LogP contribution in [0, 0.1) is 0 Å². The summed E-state index contributed by atoms with van der Waals surface area (Å²) in [6.45, 7) is 0.893. The second-order valence-corrected chi connectivity index (χ2v) is 6.48. The largest absolute Gasteiger partial charge is 0.480 e. The summed E-state index contributed by atoms with van der Waals surface area (Å²) in [7, 11) is 0. The van der Waals surface area contributed by atoms with Gasteiger partial charge in [-0.1, -0.05) is 0 Å². The van der Waals surface area contributed by atoms with Crippen molar-refractivity contribution in [3.8, 4) is 0 Å². The highest BCUT2D eigenvalue weighted by Crippen LogP contribution is 2.01. The van der Waals surface area contributed by atoms with E-state index in [1.807, 2.05) is 6.26 Å². The number of rotatable bonds is 11. The highest BCUT2D eigenvalue weighted by atomic mass is 32.2. The third-order valence-electron chi connectivity index (χ3n) is 3.34. The van der Waals surface area contributed by atoms with Gasteiger partial charge in [-0.25, -0.2) is 9.78 Å². The van der Waals surface area contributed by atoms with E-state index >= 15 is 0 Å². The molecule has 0 saturated heterocycles. The Morgan fingerprint density at radius 3 is 2.54 bits per heavy atom. The molecule has 2 atom stereocenters. The van der Waals surface area contributed by atoms with Crippen molar-refractivity contribution in [3.63, 3.8) is 0 Å². The highest BCUT2D eigenvalue weighted by Gasteiger charge is 2.23. The van der Waals surface area contributed by atoms with E-state index in [9.17, 15) is 19.2 Å². The summed E-state index contributed by atoms with van der Waals surface area (Å²) in [5.41, 5.74) is 0.645. The van der Waals surface area contributed by atoms with Gasteiger partial charge in [-0.05, 0) is 18.4 Å². The fourth-order valence-corrected chi connectivity index (χ4v) is 2.57. The molecule has 3 amide bonds. The standard InChI is InChI=1S/C15H23N5O5S/c1-9(21)19-12(5-10-6-16-8-18-10)14(23)17-7-13(22)20-11(15(24)25)3-4-26-2/h6,8,11-12H,3-5,7H2,1-2H3,(H,16,18)(H,17,23)(H,19,21)(H,20,22)(H,24,25)/t11-,12-/m0/s1. The molecule has 5 N–H and O–H groups in total. The minimum Gasteiger partial charge on any atom is -0.480 e. The second-order valence-electron chi connectivity index (χ2n) is 5.49. The van der Waals surface area contributed by atoms with Crippen LogP contribution in [0.25, 0.3) is 0 Å². The molecule has 0 saturated carbocycles. The Morgan fingerprint density at radius 2 is 2.00 bits per heavy atom.